The second kappa shape index (κ2) is 11.9. The molecule has 0 aliphatic carbocycles. The number of aromatic nitrogens is 2. The number of nitrogens with zero attached hydrogens (tertiary/aromatic N) is 3. The summed E-state index contributed by atoms with van der Waals surface area (Å²) in [6.45, 7) is 3.92. The van der Waals surface area contributed by atoms with Gasteiger partial charge in [-0.2, -0.15) is 9.82 Å². The first-order valence-electron chi connectivity index (χ1n) is 12.6. The van der Waals surface area contributed by atoms with Crippen LogP contribution in [0.15, 0.2) is 29.2 Å². The van der Waals surface area contributed by atoms with Gasteiger partial charge in [-0.3, -0.25) is 14.9 Å². The predicted molar refractivity (Wildman–Crippen MR) is 139 cm³/mol. The summed E-state index contributed by atoms with van der Waals surface area (Å²) in [7, 11) is -2.76. The van der Waals surface area contributed by atoms with Crippen LogP contribution >= 0.6 is 0 Å². The number of sulfonamides is 1. The highest BCUT2D eigenvalue weighted by Crippen LogP contribution is 2.28. The molecule has 0 bridgehead atoms. The van der Waals surface area contributed by atoms with E-state index >= 15 is 0 Å². The Morgan fingerprint density at radius 3 is 2.74 bits per heavy atom. The molecule has 1 saturated heterocycles. The molecule has 0 saturated carbocycles. The molecule has 4 rings (SSSR count). The van der Waals surface area contributed by atoms with Crippen LogP contribution in [0.5, 0.6) is 5.75 Å². The number of carbonyl (C=O) groups is 3. The van der Waals surface area contributed by atoms with E-state index in [2.05, 4.69) is 30.3 Å². The molecule has 3 amide bonds. The third-order valence-corrected chi connectivity index (χ3v) is 8.24. The number of amides is 3. The molecule has 0 radical (unpaired) electrons. The normalized spacial score (nSPS) is 19.1. The molecular formula is C25H32N6O7S. The zero-order valence-electron chi connectivity index (χ0n) is 22.0. The fraction of sp³-hybridized carbons (Fsp3) is 0.480. The minimum absolute atomic E-state index is 0.0295. The van der Waals surface area contributed by atoms with Gasteiger partial charge in [0.1, 0.15) is 11.8 Å². The maximum atomic E-state index is 13.4. The number of rotatable bonds is 8. The molecule has 3 N–H and O–H groups in total. The quantitative estimate of drug-likeness (QED) is 0.430. The first-order chi connectivity index (χ1) is 18.6. The fourth-order valence-electron chi connectivity index (χ4n) is 4.52. The Hall–Kier alpha value is -3.78. The highest BCUT2D eigenvalue weighted by Gasteiger charge is 2.35. The largest absolute Gasteiger partial charge is 0.493 e. The Balaban J connectivity index is 1.38. The summed E-state index contributed by atoms with van der Waals surface area (Å²) in [4.78, 5) is 39.0. The second-order valence-electron chi connectivity index (χ2n) is 9.54. The van der Waals surface area contributed by atoms with Crippen molar-refractivity contribution < 1.29 is 32.3 Å². The van der Waals surface area contributed by atoms with Crippen LogP contribution in [-0.2, 0) is 37.3 Å². The highest BCUT2D eigenvalue weighted by atomic mass is 32.2. The third kappa shape index (κ3) is 6.81. The van der Waals surface area contributed by atoms with Crippen LogP contribution in [0.4, 0.5) is 10.6 Å². The Morgan fingerprint density at radius 1 is 1.21 bits per heavy atom. The SMILES string of the molecule is COC(=O)Nc1cc(C)c(CNC(=O)CN2C(=O)C(NS(=O)(=O)c3ccc4c(c3)OCC4)CCCC2C)nn1. The van der Waals surface area contributed by atoms with Crippen molar-refractivity contribution in [2.45, 2.75) is 63.1 Å². The van der Waals surface area contributed by atoms with Gasteiger partial charge in [0.05, 0.1) is 37.4 Å². The summed E-state index contributed by atoms with van der Waals surface area (Å²) in [5.74, 6) is -0.136. The van der Waals surface area contributed by atoms with E-state index in [0.717, 1.165) is 12.0 Å². The van der Waals surface area contributed by atoms with Crippen molar-refractivity contribution in [2.75, 3.05) is 25.6 Å². The van der Waals surface area contributed by atoms with E-state index in [1.807, 2.05) is 6.92 Å². The number of carbonyl (C=O) groups excluding carboxylic acids is 3. The minimum atomic E-state index is -3.99. The Bertz CT molecular complexity index is 1370. The first kappa shape index (κ1) is 28.2. The lowest BCUT2D eigenvalue weighted by Crippen LogP contribution is -2.52. The van der Waals surface area contributed by atoms with Crippen molar-refractivity contribution in [3.8, 4) is 5.75 Å². The average molecular weight is 561 g/mol. The number of hydrogen-bond acceptors (Lipinski definition) is 9. The van der Waals surface area contributed by atoms with Gasteiger partial charge >= 0.3 is 6.09 Å². The van der Waals surface area contributed by atoms with Crippen molar-refractivity contribution in [3.63, 3.8) is 0 Å². The van der Waals surface area contributed by atoms with Crippen molar-refractivity contribution >= 4 is 33.7 Å². The molecule has 1 aromatic heterocycles. The number of anilines is 1. The minimum Gasteiger partial charge on any atom is -0.493 e. The fourth-order valence-corrected chi connectivity index (χ4v) is 5.76. The monoisotopic (exact) mass is 560 g/mol. The number of ether oxygens (including phenoxy) is 2. The van der Waals surface area contributed by atoms with E-state index in [-0.39, 0.29) is 29.8 Å². The van der Waals surface area contributed by atoms with Crippen LogP contribution in [0.3, 0.4) is 0 Å². The van der Waals surface area contributed by atoms with E-state index < -0.39 is 34.0 Å². The number of benzene rings is 1. The van der Waals surface area contributed by atoms with Crippen LogP contribution in [0.2, 0.25) is 0 Å². The molecule has 14 heteroatoms. The molecule has 2 aliphatic rings. The highest BCUT2D eigenvalue weighted by molar-refractivity contribution is 7.89. The summed E-state index contributed by atoms with van der Waals surface area (Å²) in [6, 6.07) is 5.05. The lowest BCUT2D eigenvalue weighted by atomic mass is 10.1. The van der Waals surface area contributed by atoms with Gasteiger partial charge in [0, 0.05) is 18.5 Å². The second-order valence-corrected chi connectivity index (χ2v) is 11.3. The van der Waals surface area contributed by atoms with Crippen LogP contribution in [0.25, 0.3) is 0 Å². The molecule has 2 atom stereocenters. The van der Waals surface area contributed by atoms with E-state index in [4.69, 9.17) is 4.74 Å². The summed E-state index contributed by atoms with van der Waals surface area (Å²) in [5.41, 5.74) is 2.11. The lowest BCUT2D eigenvalue weighted by molar-refractivity contribution is -0.138. The first-order valence-corrected chi connectivity index (χ1v) is 14.1. The number of fused-ring (bicyclic) bond motifs is 1. The molecule has 39 heavy (non-hydrogen) atoms. The zero-order chi connectivity index (χ0) is 28.2. The standard InChI is InChI=1S/C25H32N6O7S/c1-15-11-22(27-25(34)37-3)29-28-20(15)13-26-23(32)14-31-16(2)5-4-6-19(24(31)33)30-39(35,36)18-8-7-17-9-10-38-21(17)12-18/h7-8,11-12,16,19,30H,4-6,9-10,13-14H2,1-3H3,(H,26,32)(H,27,29,34). The summed E-state index contributed by atoms with van der Waals surface area (Å²) in [5, 5.41) is 13.1. The number of nitrogens with one attached hydrogen (secondary N) is 3. The Morgan fingerprint density at radius 2 is 2.00 bits per heavy atom. The summed E-state index contributed by atoms with van der Waals surface area (Å²) in [6.07, 6.45) is 1.62. The summed E-state index contributed by atoms with van der Waals surface area (Å²) < 4.78 is 38.8. The van der Waals surface area contributed by atoms with Crippen LogP contribution in [-0.4, -0.2) is 73.8 Å². The Kier molecular flexibility index (Phi) is 8.65. The van der Waals surface area contributed by atoms with Gasteiger partial charge in [-0.25, -0.2) is 13.2 Å². The number of likely N-dealkylation sites (tertiary alicyclic amines) is 1. The topological polar surface area (TPSA) is 169 Å². The molecule has 13 nitrogen and oxygen atoms in total. The molecule has 210 valence electrons. The molecule has 3 heterocycles. The Labute approximate surface area is 226 Å². The number of aryl methyl sites for hydroxylation is 1. The molecule has 1 aromatic carbocycles. The zero-order valence-corrected chi connectivity index (χ0v) is 22.8. The van der Waals surface area contributed by atoms with Crippen LogP contribution < -0.4 is 20.1 Å². The van der Waals surface area contributed by atoms with E-state index in [0.29, 0.717) is 42.9 Å². The van der Waals surface area contributed by atoms with Gasteiger partial charge in [-0.1, -0.05) is 6.07 Å². The van der Waals surface area contributed by atoms with Crippen LogP contribution in [0, 0.1) is 6.92 Å². The molecule has 0 spiro atoms. The third-order valence-electron chi connectivity index (χ3n) is 6.77. The smallest absolute Gasteiger partial charge is 0.412 e. The maximum absolute atomic E-state index is 13.4. The lowest BCUT2D eigenvalue weighted by Gasteiger charge is -2.29. The molecule has 2 aliphatic heterocycles. The van der Waals surface area contributed by atoms with Gasteiger partial charge in [-0.05, 0) is 56.4 Å². The number of hydrogen-bond donors (Lipinski definition) is 3. The van der Waals surface area contributed by atoms with Gasteiger partial charge in [0.15, 0.2) is 5.82 Å². The van der Waals surface area contributed by atoms with Crippen molar-refractivity contribution in [3.05, 3.63) is 41.1 Å². The maximum Gasteiger partial charge on any atom is 0.412 e. The van der Waals surface area contributed by atoms with E-state index in [9.17, 15) is 22.8 Å². The molecule has 2 aromatic rings. The summed E-state index contributed by atoms with van der Waals surface area (Å²) >= 11 is 0. The predicted octanol–water partition coefficient (Wildman–Crippen LogP) is 1.26. The molecular weight excluding hydrogens is 528 g/mol. The van der Waals surface area contributed by atoms with Gasteiger partial charge in [0.2, 0.25) is 21.8 Å². The van der Waals surface area contributed by atoms with Crippen molar-refractivity contribution in [1.82, 2.24) is 25.1 Å². The molecule has 2 unspecified atom stereocenters. The average Bonchev–Trinajstić information content (AvgIpc) is 3.33. The van der Waals surface area contributed by atoms with E-state index in [1.54, 1.807) is 19.1 Å². The van der Waals surface area contributed by atoms with Crippen molar-refractivity contribution in [1.29, 1.82) is 0 Å². The van der Waals surface area contributed by atoms with E-state index in [1.165, 1.54) is 24.1 Å². The van der Waals surface area contributed by atoms with Crippen LogP contribution in [0.1, 0.15) is 43.0 Å². The van der Waals surface area contributed by atoms with Crippen molar-refractivity contribution in [2.24, 2.45) is 0 Å². The molecule has 1 fully saturated rings. The van der Waals surface area contributed by atoms with Gasteiger partial charge in [-0.15, -0.1) is 5.10 Å². The van der Waals surface area contributed by atoms with Gasteiger partial charge < -0.3 is 19.7 Å². The van der Waals surface area contributed by atoms with Gasteiger partial charge in [0.25, 0.3) is 0 Å². The number of methoxy groups -OCH3 is 1.